The van der Waals surface area contributed by atoms with Gasteiger partial charge in [-0.05, 0) is 64.1 Å². The number of hydrogen-bond donors (Lipinski definition) is 0. The summed E-state index contributed by atoms with van der Waals surface area (Å²) >= 11 is 0. The number of hydrogen-bond acceptors (Lipinski definition) is 5. The molecule has 0 saturated heterocycles. The van der Waals surface area contributed by atoms with Crippen molar-refractivity contribution >= 4 is 11.9 Å². The highest BCUT2D eigenvalue weighted by atomic mass is 16.5. The summed E-state index contributed by atoms with van der Waals surface area (Å²) in [5.74, 6) is 2.08. The molecule has 0 bridgehead atoms. The molecule has 0 fully saturated rings. The van der Waals surface area contributed by atoms with Crippen molar-refractivity contribution in [3.8, 4) is 11.5 Å². The fraction of sp³-hybridized carbons (Fsp3) is 0.458. The van der Waals surface area contributed by atoms with Gasteiger partial charge in [0.05, 0.1) is 25.4 Å². The van der Waals surface area contributed by atoms with Crippen LogP contribution in [0.4, 0.5) is 0 Å². The molecule has 5 nitrogen and oxygen atoms in total. The van der Waals surface area contributed by atoms with E-state index in [2.05, 4.69) is 0 Å². The van der Waals surface area contributed by atoms with Gasteiger partial charge in [0.15, 0.2) is 5.78 Å². The Kier molecular flexibility index (Phi) is 8.09. The summed E-state index contributed by atoms with van der Waals surface area (Å²) in [5, 5.41) is 0. The lowest BCUT2D eigenvalue weighted by Gasteiger charge is -2.28. The van der Waals surface area contributed by atoms with E-state index in [0.29, 0.717) is 11.3 Å². The maximum Gasteiger partial charge on any atom is 0.184 e. The normalized spacial score (nSPS) is 19.3. The summed E-state index contributed by atoms with van der Waals surface area (Å²) < 4.78 is 22.6. The average Bonchev–Trinajstić information content (AvgIpc) is 2.65. The van der Waals surface area contributed by atoms with Gasteiger partial charge in [0.25, 0.3) is 0 Å². The highest BCUT2D eigenvalue weighted by molar-refractivity contribution is 6.07. The molecule has 1 aromatic carbocycles. The van der Waals surface area contributed by atoms with E-state index >= 15 is 0 Å². The molecule has 5 heteroatoms. The Balaban J connectivity index is 2.28. The molecule has 1 aliphatic carbocycles. The third-order valence-corrected chi connectivity index (χ3v) is 4.54. The van der Waals surface area contributed by atoms with Crippen molar-refractivity contribution in [2.75, 3.05) is 14.2 Å². The predicted molar refractivity (Wildman–Crippen MR) is 115 cm³/mol. The van der Waals surface area contributed by atoms with Crippen molar-refractivity contribution in [3.05, 3.63) is 53.3 Å². The second kappa shape index (κ2) is 10.3. The van der Waals surface area contributed by atoms with Crippen molar-refractivity contribution in [3.63, 3.8) is 0 Å². The Morgan fingerprint density at radius 1 is 1.03 bits per heavy atom. The average molecular weight is 401 g/mol. The van der Waals surface area contributed by atoms with E-state index in [9.17, 15) is 4.79 Å². The van der Waals surface area contributed by atoms with E-state index in [4.69, 9.17) is 18.9 Å². The second-order valence-electron chi connectivity index (χ2n) is 7.57. The summed E-state index contributed by atoms with van der Waals surface area (Å²) in [6, 6.07) is 5.64. The second-order valence-corrected chi connectivity index (χ2v) is 7.57. The lowest BCUT2D eigenvalue weighted by molar-refractivity contribution is -0.112. The van der Waals surface area contributed by atoms with Gasteiger partial charge in [-0.2, -0.15) is 0 Å². The van der Waals surface area contributed by atoms with Gasteiger partial charge in [0, 0.05) is 30.2 Å². The number of carbonyl (C=O) groups is 1. The molecule has 0 radical (unpaired) electrons. The number of methoxy groups -OCH3 is 2. The minimum Gasteiger partial charge on any atom is -0.501 e. The largest absolute Gasteiger partial charge is 0.501 e. The molecule has 0 saturated carbocycles. The quantitative estimate of drug-likeness (QED) is 0.548. The monoisotopic (exact) mass is 400 g/mol. The number of ketones is 1. The minimum absolute atomic E-state index is 0.00419. The summed E-state index contributed by atoms with van der Waals surface area (Å²) in [5.41, 5.74) is 1.41. The van der Waals surface area contributed by atoms with Crippen LogP contribution in [0.25, 0.3) is 6.08 Å². The molecular formula is C24H32O5. The molecule has 1 unspecified atom stereocenters. The Hall–Kier alpha value is -2.53. The van der Waals surface area contributed by atoms with Crippen molar-refractivity contribution < 1.29 is 23.7 Å². The zero-order valence-electron chi connectivity index (χ0n) is 18.4. The number of rotatable bonds is 9. The predicted octanol–water partition coefficient (Wildman–Crippen LogP) is 4.96. The van der Waals surface area contributed by atoms with Crippen LogP contribution in [0.2, 0.25) is 0 Å². The fourth-order valence-electron chi connectivity index (χ4n) is 3.26. The zero-order chi connectivity index (χ0) is 21.6. The first-order valence-electron chi connectivity index (χ1n) is 9.95. The topological polar surface area (TPSA) is 54.0 Å². The Bertz CT molecular complexity index is 801. The third-order valence-electron chi connectivity index (χ3n) is 4.54. The SMILES string of the molecule is COC1=CC=C(C(=O)/C=C/c2ccc(OC(C)C)cc2OC(C)C)[C@@H](OC)C1C. The summed E-state index contributed by atoms with van der Waals surface area (Å²) in [7, 11) is 3.23. The van der Waals surface area contributed by atoms with Gasteiger partial charge in [0.1, 0.15) is 17.3 Å². The molecule has 29 heavy (non-hydrogen) atoms. The van der Waals surface area contributed by atoms with E-state index in [1.165, 1.54) is 0 Å². The molecule has 1 aromatic rings. The number of carbonyl (C=O) groups excluding carboxylic acids is 1. The highest BCUT2D eigenvalue weighted by Crippen LogP contribution is 2.30. The molecule has 2 rings (SSSR count). The molecule has 2 atom stereocenters. The van der Waals surface area contributed by atoms with Gasteiger partial charge in [0.2, 0.25) is 0 Å². The van der Waals surface area contributed by atoms with Gasteiger partial charge in [-0.3, -0.25) is 4.79 Å². The van der Waals surface area contributed by atoms with Crippen LogP contribution < -0.4 is 9.47 Å². The first-order chi connectivity index (χ1) is 13.8. The standard InChI is InChI=1S/C24H32O5/c1-15(2)28-19-10-8-18(23(14-19)29-16(3)4)9-12-21(25)20-11-13-22(26-6)17(5)24(20)27-7/h8-17,24H,1-7H3/b12-9+/t17?,24-/m0/s1. The van der Waals surface area contributed by atoms with E-state index in [1.807, 2.05) is 58.9 Å². The number of benzene rings is 1. The molecule has 158 valence electrons. The van der Waals surface area contributed by atoms with Crippen LogP contribution >= 0.6 is 0 Å². The van der Waals surface area contributed by atoms with Crippen LogP contribution in [0, 0.1) is 5.92 Å². The van der Waals surface area contributed by atoms with E-state index in [-0.39, 0.29) is 30.0 Å². The van der Waals surface area contributed by atoms with Crippen LogP contribution in [0.5, 0.6) is 11.5 Å². The third kappa shape index (κ3) is 5.97. The van der Waals surface area contributed by atoms with Gasteiger partial charge >= 0.3 is 0 Å². The van der Waals surface area contributed by atoms with E-state index in [1.54, 1.807) is 32.4 Å². The van der Waals surface area contributed by atoms with Crippen LogP contribution in [0.1, 0.15) is 40.2 Å². The molecule has 0 amide bonds. The Morgan fingerprint density at radius 2 is 1.72 bits per heavy atom. The zero-order valence-corrected chi connectivity index (χ0v) is 18.4. The summed E-state index contributed by atoms with van der Waals surface area (Å²) in [6.45, 7) is 9.86. The molecular weight excluding hydrogens is 368 g/mol. The first-order valence-corrected chi connectivity index (χ1v) is 9.95. The maximum absolute atomic E-state index is 12.9. The van der Waals surface area contributed by atoms with Crippen LogP contribution in [0.15, 0.2) is 47.8 Å². The molecule has 0 aromatic heterocycles. The molecule has 0 N–H and O–H groups in total. The summed E-state index contributed by atoms with van der Waals surface area (Å²) in [6.07, 6.45) is 6.65. The fourth-order valence-corrected chi connectivity index (χ4v) is 3.26. The first kappa shape index (κ1) is 22.8. The highest BCUT2D eigenvalue weighted by Gasteiger charge is 2.30. The Morgan fingerprint density at radius 3 is 2.31 bits per heavy atom. The van der Waals surface area contributed by atoms with Crippen LogP contribution in [-0.2, 0) is 14.3 Å². The van der Waals surface area contributed by atoms with Crippen molar-refractivity contribution in [2.45, 2.75) is 52.9 Å². The lowest BCUT2D eigenvalue weighted by atomic mass is 9.88. The van der Waals surface area contributed by atoms with Gasteiger partial charge in [-0.1, -0.05) is 6.92 Å². The Labute approximate surface area is 174 Å². The minimum atomic E-state index is -0.347. The smallest absolute Gasteiger partial charge is 0.184 e. The number of allylic oxidation sites excluding steroid dienone is 3. The van der Waals surface area contributed by atoms with Crippen molar-refractivity contribution in [2.24, 2.45) is 5.92 Å². The summed E-state index contributed by atoms with van der Waals surface area (Å²) in [4.78, 5) is 12.9. The van der Waals surface area contributed by atoms with Crippen LogP contribution in [-0.4, -0.2) is 38.3 Å². The van der Waals surface area contributed by atoms with Gasteiger partial charge in [-0.25, -0.2) is 0 Å². The maximum atomic E-state index is 12.9. The molecule has 0 spiro atoms. The van der Waals surface area contributed by atoms with E-state index < -0.39 is 0 Å². The van der Waals surface area contributed by atoms with Crippen LogP contribution in [0.3, 0.4) is 0 Å². The lowest BCUT2D eigenvalue weighted by Crippen LogP contribution is -2.30. The number of ether oxygens (including phenoxy) is 4. The van der Waals surface area contributed by atoms with Gasteiger partial charge < -0.3 is 18.9 Å². The molecule has 0 aliphatic heterocycles. The van der Waals surface area contributed by atoms with E-state index in [0.717, 1.165) is 17.1 Å². The molecule has 0 heterocycles. The van der Waals surface area contributed by atoms with Crippen molar-refractivity contribution in [1.82, 2.24) is 0 Å². The van der Waals surface area contributed by atoms with Gasteiger partial charge in [-0.15, -0.1) is 0 Å². The van der Waals surface area contributed by atoms with Crippen molar-refractivity contribution in [1.29, 1.82) is 0 Å². The molecule has 1 aliphatic rings.